The molecule has 1 saturated heterocycles. The van der Waals surface area contributed by atoms with Crippen molar-refractivity contribution in [2.24, 2.45) is 0 Å². The molecule has 19 heavy (non-hydrogen) atoms. The van der Waals surface area contributed by atoms with E-state index >= 15 is 0 Å². The number of nitrogens with zero attached hydrogens (tertiary/aromatic N) is 1. The molecule has 0 bridgehead atoms. The molecular formula is C14H13NO4. The molecule has 1 fully saturated rings. The van der Waals surface area contributed by atoms with Crippen LogP contribution in [0.3, 0.4) is 0 Å². The monoisotopic (exact) mass is 259 g/mol. The zero-order chi connectivity index (χ0) is 13.2. The Bertz CT molecular complexity index is 620. The fourth-order valence-corrected chi connectivity index (χ4v) is 2.17. The second-order valence-electron chi connectivity index (χ2n) is 4.43. The normalized spacial score (nSPS) is 18.6. The van der Waals surface area contributed by atoms with Gasteiger partial charge in [0, 0.05) is 17.9 Å². The molecule has 1 aliphatic rings. The molecular weight excluding hydrogens is 246 g/mol. The van der Waals surface area contributed by atoms with Crippen LogP contribution in [-0.4, -0.2) is 35.4 Å². The fourth-order valence-electron chi connectivity index (χ4n) is 2.17. The summed E-state index contributed by atoms with van der Waals surface area (Å²) in [5, 5.41) is 9.72. The van der Waals surface area contributed by atoms with E-state index in [0.29, 0.717) is 30.0 Å². The lowest BCUT2D eigenvalue weighted by molar-refractivity contribution is 0.0699. The molecule has 1 aromatic carbocycles. The Balaban J connectivity index is 1.94. The maximum Gasteiger partial charge on any atom is 0.336 e. The van der Waals surface area contributed by atoms with Gasteiger partial charge in [-0.15, -0.1) is 0 Å². The Kier molecular flexibility index (Phi) is 3.05. The van der Waals surface area contributed by atoms with Crippen LogP contribution in [0.2, 0.25) is 0 Å². The standard InChI is InChI=1S/C14H13NO4/c16-14(17)11-2-1-3-12-10(11)4-5-13(15-12)19-9-6-7-18-8-9/h1-5,9H,6-8H2,(H,16,17). The first-order chi connectivity index (χ1) is 9.24. The highest BCUT2D eigenvalue weighted by Crippen LogP contribution is 2.22. The van der Waals surface area contributed by atoms with Crippen LogP contribution in [0.4, 0.5) is 0 Å². The zero-order valence-corrected chi connectivity index (χ0v) is 10.2. The van der Waals surface area contributed by atoms with Crippen molar-refractivity contribution in [2.45, 2.75) is 12.5 Å². The van der Waals surface area contributed by atoms with Crippen LogP contribution in [0.15, 0.2) is 30.3 Å². The molecule has 0 spiro atoms. The number of hydrogen-bond donors (Lipinski definition) is 1. The van der Waals surface area contributed by atoms with Crippen LogP contribution in [0.5, 0.6) is 5.88 Å². The first kappa shape index (κ1) is 11.9. The van der Waals surface area contributed by atoms with Gasteiger partial charge >= 0.3 is 5.97 Å². The lowest BCUT2D eigenvalue weighted by atomic mass is 10.1. The minimum absolute atomic E-state index is 0.0348. The summed E-state index contributed by atoms with van der Waals surface area (Å²) in [6.45, 7) is 1.29. The SMILES string of the molecule is O=C(O)c1cccc2nc(OC3CCOC3)ccc12. The Hall–Kier alpha value is -2.14. The Labute approximate surface area is 109 Å². The average Bonchev–Trinajstić information content (AvgIpc) is 2.90. The molecule has 1 aromatic heterocycles. The van der Waals surface area contributed by atoms with Crippen LogP contribution < -0.4 is 4.74 Å². The number of aromatic carboxylic acids is 1. The number of ether oxygens (including phenoxy) is 2. The van der Waals surface area contributed by atoms with Gasteiger partial charge in [0.05, 0.1) is 24.3 Å². The Morgan fingerprint density at radius 2 is 2.26 bits per heavy atom. The summed E-state index contributed by atoms with van der Waals surface area (Å²) < 4.78 is 10.9. The predicted molar refractivity (Wildman–Crippen MR) is 68.6 cm³/mol. The second kappa shape index (κ2) is 4.85. The van der Waals surface area contributed by atoms with Crippen molar-refractivity contribution in [1.82, 2.24) is 4.98 Å². The van der Waals surface area contributed by atoms with E-state index in [1.165, 1.54) is 0 Å². The van der Waals surface area contributed by atoms with Crippen molar-refractivity contribution >= 4 is 16.9 Å². The quantitative estimate of drug-likeness (QED) is 0.914. The molecule has 0 aliphatic carbocycles. The van der Waals surface area contributed by atoms with Crippen molar-refractivity contribution in [3.05, 3.63) is 35.9 Å². The third-order valence-corrected chi connectivity index (χ3v) is 3.11. The number of aromatic nitrogens is 1. The number of rotatable bonds is 3. The predicted octanol–water partition coefficient (Wildman–Crippen LogP) is 2.10. The molecule has 0 saturated carbocycles. The molecule has 2 heterocycles. The highest BCUT2D eigenvalue weighted by molar-refractivity contribution is 6.02. The number of benzene rings is 1. The highest BCUT2D eigenvalue weighted by atomic mass is 16.5. The van der Waals surface area contributed by atoms with E-state index < -0.39 is 5.97 Å². The number of hydrogen-bond acceptors (Lipinski definition) is 4. The number of pyridine rings is 1. The summed E-state index contributed by atoms with van der Waals surface area (Å²) in [5.41, 5.74) is 0.872. The lowest BCUT2D eigenvalue weighted by Crippen LogP contribution is -2.16. The third-order valence-electron chi connectivity index (χ3n) is 3.11. The van der Waals surface area contributed by atoms with Gasteiger partial charge in [0.2, 0.25) is 5.88 Å². The number of carboxylic acids is 1. The van der Waals surface area contributed by atoms with Gasteiger partial charge in [-0.2, -0.15) is 0 Å². The van der Waals surface area contributed by atoms with Gasteiger partial charge < -0.3 is 14.6 Å². The number of fused-ring (bicyclic) bond motifs is 1. The van der Waals surface area contributed by atoms with E-state index in [0.717, 1.165) is 6.42 Å². The minimum atomic E-state index is -0.953. The van der Waals surface area contributed by atoms with Gasteiger partial charge in [-0.3, -0.25) is 0 Å². The molecule has 0 amide bonds. The summed E-state index contributed by atoms with van der Waals surface area (Å²) in [6.07, 6.45) is 0.891. The first-order valence-corrected chi connectivity index (χ1v) is 6.11. The van der Waals surface area contributed by atoms with Gasteiger partial charge in [0.1, 0.15) is 6.10 Å². The van der Waals surface area contributed by atoms with E-state index in [-0.39, 0.29) is 11.7 Å². The van der Waals surface area contributed by atoms with Crippen LogP contribution in [0.25, 0.3) is 10.9 Å². The maximum absolute atomic E-state index is 11.1. The van der Waals surface area contributed by atoms with Crippen LogP contribution in [-0.2, 0) is 4.74 Å². The number of carbonyl (C=O) groups is 1. The average molecular weight is 259 g/mol. The van der Waals surface area contributed by atoms with E-state index in [4.69, 9.17) is 14.6 Å². The molecule has 3 rings (SSSR count). The lowest BCUT2D eigenvalue weighted by Gasteiger charge is -2.11. The highest BCUT2D eigenvalue weighted by Gasteiger charge is 2.18. The first-order valence-electron chi connectivity index (χ1n) is 6.11. The van der Waals surface area contributed by atoms with Crippen molar-refractivity contribution in [3.8, 4) is 5.88 Å². The maximum atomic E-state index is 11.1. The van der Waals surface area contributed by atoms with Gasteiger partial charge in [-0.05, 0) is 18.2 Å². The summed E-state index contributed by atoms with van der Waals surface area (Å²) in [6, 6.07) is 8.46. The van der Waals surface area contributed by atoms with E-state index in [1.54, 1.807) is 30.3 Å². The molecule has 98 valence electrons. The summed E-state index contributed by atoms with van der Waals surface area (Å²) >= 11 is 0. The number of carboxylic acid groups (broad SMARTS) is 1. The topological polar surface area (TPSA) is 68.7 Å². The molecule has 5 heteroatoms. The van der Waals surface area contributed by atoms with Crippen molar-refractivity contribution in [2.75, 3.05) is 13.2 Å². The second-order valence-corrected chi connectivity index (χ2v) is 4.43. The Morgan fingerprint density at radius 3 is 3.00 bits per heavy atom. The largest absolute Gasteiger partial charge is 0.478 e. The summed E-state index contributed by atoms with van der Waals surface area (Å²) in [5.74, 6) is -0.448. The van der Waals surface area contributed by atoms with Crippen LogP contribution in [0.1, 0.15) is 16.8 Å². The Morgan fingerprint density at radius 1 is 1.37 bits per heavy atom. The summed E-state index contributed by atoms with van der Waals surface area (Å²) in [7, 11) is 0. The van der Waals surface area contributed by atoms with Gasteiger partial charge in [-0.25, -0.2) is 9.78 Å². The van der Waals surface area contributed by atoms with Crippen molar-refractivity contribution in [3.63, 3.8) is 0 Å². The molecule has 2 aromatic rings. The molecule has 1 aliphatic heterocycles. The molecule has 5 nitrogen and oxygen atoms in total. The van der Waals surface area contributed by atoms with Gasteiger partial charge in [0.25, 0.3) is 0 Å². The van der Waals surface area contributed by atoms with E-state index in [1.807, 2.05) is 0 Å². The van der Waals surface area contributed by atoms with Crippen molar-refractivity contribution < 1.29 is 19.4 Å². The van der Waals surface area contributed by atoms with E-state index in [2.05, 4.69) is 4.98 Å². The van der Waals surface area contributed by atoms with Crippen LogP contribution >= 0.6 is 0 Å². The van der Waals surface area contributed by atoms with Gasteiger partial charge in [0.15, 0.2) is 0 Å². The van der Waals surface area contributed by atoms with Crippen molar-refractivity contribution in [1.29, 1.82) is 0 Å². The van der Waals surface area contributed by atoms with Gasteiger partial charge in [-0.1, -0.05) is 6.07 Å². The third kappa shape index (κ3) is 2.37. The molecule has 1 N–H and O–H groups in total. The minimum Gasteiger partial charge on any atom is -0.478 e. The summed E-state index contributed by atoms with van der Waals surface area (Å²) in [4.78, 5) is 15.4. The molecule has 1 atom stereocenters. The smallest absolute Gasteiger partial charge is 0.336 e. The fraction of sp³-hybridized carbons (Fsp3) is 0.286. The van der Waals surface area contributed by atoms with E-state index in [9.17, 15) is 4.79 Å². The van der Waals surface area contributed by atoms with Crippen LogP contribution in [0, 0.1) is 0 Å². The molecule has 0 radical (unpaired) electrons. The molecule has 1 unspecified atom stereocenters. The zero-order valence-electron chi connectivity index (χ0n) is 10.2.